The van der Waals surface area contributed by atoms with E-state index in [-0.39, 0.29) is 24.3 Å². The van der Waals surface area contributed by atoms with Gasteiger partial charge in [-0.25, -0.2) is 0 Å². The van der Waals surface area contributed by atoms with Gasteiger partial charge in [-0.2, -0.15) is 0 Å². The SMILES string of the molecule is CC(C)C(CC(=O)O)NC(=O)/C=C/c1ccc(Br)cc1. The van der Waals surface area contributed by atoms with Gasteiger partial charge in [-0.15, -0.1) is 0 Å². The summed E-state index contributed by atoms with van der Waals surface area (Å²) in [5.41, 5.74) is 0.905. The first-order valence-electron chi connectivity index (χ1n) is 6.34. The van der Waals surface area contributed by atoms with E-state index in [1.807, 2.05) is 38.1 Å². The average molecular weight is 340 g/mol. The topological polar surface area (TPSA) is 66.4 Å². The fourth-order valence-corrected chi connectivity index (χ4v) is 1.88. The number of amides is 1. The highest BCUT2D eigenvalue weighted by molar-refractivity contribution is 9.10. The van der Waals surface area contributed by atoms with Crippen molar-refractivity contribution in [1.29, 1.82) is 0 Å². The molecule has 1 rings (SSSR count). The summed E-state index contributed by atoms with van der Waals surface area (Å²) in [6.45, 7) is 3.76. The second-order valence-electron chi connectivity index (χ2n) is 4.84. The monoisotopic (exact) mass is 339 g/mol. The third-order valence-corrected chi connectivity index (χ3v) is 3.35. The van der Waals surface area contributed by atoms with E-state index in [1.54, 1.807) is 6.08 Å². The lowest BCUT2D eigenvalue weighted by atomic mass is 10.0. The molecule has 0 spiro atoms. The second kappa shape index (κ2) is 7.85. The molecule has 1 aromatic carbocycles. The summed E-state index contributed by atoms with van der Waals surface area (Å²) in [7, 11) is 0. The minimum Gasteiger partial charge on any atom is -0.481 e. The third kappa shape index (κ3) is 6.02. The van der Waals surface area contributed by atoms with Crippen molar-refractivity contribution in [2.75, 3.05) is 0 Å². The minimum absolute atomic E-state index is 0.0659. The Morgan fingerprint density at radius 3 is 2.40 bits per heavy atom. The molecule has 0 heterocycles. The minimum atomic E-state index is -0.916. The van der Waals surface area contributed by atoms with Crippen molar-refractivity contribution < 1.29 is 14.7 Å². The van der Waals surface area contributed by atoms with Crippen LogP contribution in [0, 0.1) is 5.92 Å². The molecule has 1 atom stereocenters. The zero-order valence-electron chi connectivity index (χ0n) is 11.5. The largest absolute Gasteiger partial charge is 0.481 e. The maximum atomic E-state index is 11.8. The van der Waals surface area contributed by atoms with Crippen LogP contribution in [0.15, 0.2) is 34.8 Å². The van der Waals surface area contributed by atoms with E-state index < -0.39 is 5.97 Å². The Morgan fingerprint density at radius 2 is 1.90 bits per heavy atom. The maximum absolute atomic E-state index is 11.8. The van der Waals surface area contributed by atoms with Crippen molar-refractivity contribution in [2.24, 2.45) is 5.92 Å². The lowest BCUT2D eigenvalue weighted by molar-refractivity contribution is -0.138. The molecule has 0 aromatic heterocycles. The highest BCUT2D eigenvalue weighted by atomic mass is 79.9. The first-order valence-corrected chi connectivity index (χ1v) is 7.13. The highest BCUT2D eigenvalue weighted by Crippen LogP contribution is 2.11. The lowest BCUT2D eigenvalue weighted by Crippen LogP contribution is -2.39. The number of halogens is 1. The van der Waals surface area contributed by atoms with Gasteiger partial charge in [-0.05, 0) is 29.7 Å². The molecule has 2 N–H and O–H groups in total. The van der Waals surface area contributed by atoms with Gasteiger partial charge in [-0.3, -0.25) is 9.59 Å². The van der Waals surface area contributed by atoms with Crippen LogP contribution in [0.5, 0.6) is 0 Å². The van der Waals surface area contributed by atoms with Crippen molar-refractivity contribution in [1.82, 2.24) is 5.32 Å². The number of rotatable bonds is 6. The molecule has 0 aliphatic rings. The van der Waals surface area contributed by atoms with Crippen LogP contribution in [0.3, 0.4) is 0 Å². The van der Waals surface area contributed by atoms with Crippen LogP contribution in [0.1, 0.15) is 25.8 Å². The number of benzene rings is 1. The molecular formula is C15H18BrNO3. The van der Waals surface area contributed by atoms with E-state index in [4.69, 9.17) is 5.11 Å². The number of carboxylic acid groups (broad SMARTS) is 1. The summed E-state index contributed by atoms with van der Waals surface area (Å²) in [5.74, 6) is -1.13. The van der Waals surface area contributed by atoms with Crippen LogP contribution < -0.4 is 5.32 Å². The van der Waals surface area contributed by atoms with E-state index in [1.165, 1.54) is 6.08 Å². The Labute approximate surface area is 127 Å². The van der Waals surface area contributed by atoms with Gasteiger partial charge in [0.15, 0.2) is 0 Å². The summed E-state index contributed by atoms with van der Waals surface area (Å²) in [6, 6.07) is 7.17. The number of nitrogens with one attached hydrogen (secondary N) is 1. The molecule has 108 valence electrons. The summed E-state index contributed by atoms with van der Waals surface area (Å²) >= 11 is 3.34. The number of carbonyl (C=O) groups excluding carboxylic acids is 1. The maximum Gasteiger partial charge on any atom is 0.305 e. The van der Waals surface area contributed by atoms with Crippen molar-refractivity contribution in [2.45, 2.75) is 26.3 Å². The Bertz CT molecular complexity index is 494. The van der Waals surface area contributed by atoms with Crippen molar-refractivity contribution >= 4 is 33.9 Å². The van der Waals surface area contributed by atoms with E-state index in [9.17, 15) is 9.59 Å². The molecule has 0 aliphatic heterocycles. The summed E-state index contributed by atoms with van der Waals surface area (Å²) < 4.78 is 0.973. The van der Waals surface area contributed by atoms with E-state index >= 15 is 0 Å². The molecule has 4 nitrogen and oxygen atoms in total. The lowest BCUT2D eigenvalue weighted by Gasteiger charge is -2.19. The molecule has 0 radical (unpaired) electrons. The van der Waals surface area contributed by atoms with E-state index in [0.717, 1.165) is 10.0 Å². The van der Waals surface area contributed by atoms with Crippen molar-refractivity contribution in [3.63, 3.8) is 0 Å². The molecule has 1 amide bonds. The van der Waals surface area contributed by atoms with Crippen LogP contribution in [-0.2, 0) is 9.59 Å². The zero-order chi connectivity index (χ0) is 15.1. The summed E-state index contributed by atoms with van der Waals surface area (Å²) in [4.78, 5) is 22.5. The third-order valence-electron chi connectivity index (χ3n) is 2.82. The first kappa shape index (κ1) is 16.4. The predicted octanol–water partition coefficient (Wildman–Crippen LogP) is 3.08. The van der Waals surface area contributed by atoms with Gasteiger partial charge in [0.25, 0.3) is 0 Å². The normalized spacial score (nSPS) is 12.6. The van der Waals surface area contributed by atoms with Gasteiger partial charge in [-0.1, -0.05) is 41.9 Å². The van der Waals surface area contributed by atoms with Crippen molar-refractivity contribution in [3.05, 3.63) is 40.4 Å². The van der Waals surface area contributed by atoms with Crippen molar-refractivity contribution in [3.8, 4) is 0 Å². The van der Waals surface area contributed by atoms with E-state index in [2.05, 4.69) is 21.2 Å². The molecule has 0 fully saturated rings. The molecule has 1 aromatic rings. The number of carbonyl (C=O) groups is 2. The van der Waals surface area contributed by atoms with Gasteiger partial charge in [0.1, 0.15) is 0 Å². The molecule has 0 saturated heterocycles. The zero-order valence-corrected chi connectivity index (χ0v) is 13.1. The summed E-state index contributed by atoms with van der Waals surface area (Å²) in [5, 5.41) is 11.5. The van der Waals surface area contributed by atoms with Crippen LogP contribution in [0.2, 0.25) is 0 Å². The smallest absolute Gasteiger partial charge is 0.305 e. The van der Waals surface area contributed by atoms with Gasteiger partial charge in [0.05, 0.1) is 6.42 Å². The van der Waals surface area contributed by atoms with Gasteiger partial charge >= 0.3 is 5.97 Å². The second-order valence-corrected chi connectivity index (χ2v) is 5.76. The first-order chi connectivity index (χ1) is 9.38. The van der Waals surface area contributed by atoms with Crippen LogP contribution in [0.25, 0.3) is 6.08 Å². The predicted molar refractivity (Wildman–Crippen MR) is 82.2 cm³/mol. The quantitative estimate of drug-likeness (QED) is 0.782. The van der Waals surface area contributed by atoms with Crippen LogP contribution >= 0.6 is 15.9 Å². The molecule has 20 heavy (non-hydrogen) atoms. The van der Waals surface area contributed by atoms with Crippen LogP contribution in [-0.4, -0.2) is 23.0 Å². The Morgan fingerprint density at radius 1 is 1.30 bits per heavy atom. The standard InChI is InChI=1S/C15H18BrNO3/c1-10(2)13(9-15(19)20)17-14(18)8-5-11-3-6-12(16)7-4-11/h3-8,10,13H,9H2,1-2H3,(H,17,18)(H,19,20)/b8-5+. The molecule has 0 bridgehead atoms. The fourth-order valence-electron chi connectivity index (χ4n) is 1.62. The Kier molecular flexibility index (Phi) is 6.45. The highest BCUT2D eigenvalue weighted by Gasteiger charge is 2.18. The Hall–Kier alpha value is -1.62. The fraction of sp³-hybridized carbons (Fsp3) is 0.333. The molecule has 0 saturated carbocycles. The van der Waals surface area contributed by atoms with Gasteiger partial charge < -0.3 is 10.4 Å². The molecular weight excluding hydrogens is 322 g/mol. The molecule has 1 unspecified atom stereocenters. The number of hydrogen-bond acceptors (Lipinski definition) is 2. The van der Waals surface area contributed by atoms with Gasteiger partial charge in [0, 0.05) is 16.6 Å². The van der Waals surface area contributed by atoms with Crippen LogP contribution in [0.4, 0.5) is 0 Å². The summed E-state index contributed by atoms with van der Waals surface area (Å²) in [6.07, 6.45) is 3.04. The van der Waals surface area contributed by atoms with E-state index in [0.29, 0.717) is 0 Å². The number of hydrogen-bond donors (Lipinski definition) is 2. The number of carboxylic acids is 1. The molecule has 5 heteroatoms. The van der Waals surface area contributed by atoms with Gasteiger partial charge in [0.2, 0.25) is 5.91 Å². The molecule has 0 aliphatic carbocycles. The number of aliphatic carboxylic acids is 1. The Balaban J connectivity index is 2.61. The average Bonchev–Trinajstić information content (AvgIpc) is 2.36.